The van der Waals surface area contributed by atoms with E-state index in [-0.39, 0.29) is 0 Å². The molecule has 2 rings (SSSR count). The Bertz CT molecular complexity index is 158. The van der Waals surface area contributed by atoms with Gasteiger partial charge in [0.25, 0.3) is 0 Å². The molecule has 2 N–H and O–H groups in total. The Labute approximate surface area is 80.1 Å². The largest absolute Gasteiger partial charge is 0.396 e. The SMILES string of the molecule is OCCCN1CCC2(CC1)CNC2. The first kappa shape index (κ1) is 9.44. The molecule has 0 unspecified atom stereocenters. The van der Waals surface area contributed by atoms with Crippen LogP contribution in [0.1, 0.15) is 19.3 Å². The fourth-order valence-corrected chi connectivity index (χ4v) is 2.38. The lowest BCUT2D eigenvalue weighted by atomic mass is 9.73. The number of piperidine rings is 1. The summed E-state index contributed by atoms with van der Waals surface area (Å²) in [5.74, 6) is 0. The molecule has 0 aromatic heterocycles. The molecule has 0 aliphatic carbocycles. The molecule has 2 heterocycles. The van der Waals surface area contributed by atoms with E-state index < -0.39 is 0 Å². The van der Waals surface area contributed by atoms with Crippen molar-refractivity contribution in [2.24, 2.45) is 5.41 Å². The lowest BCUT2D eigenvalue weighted by Crippen LogP contribution is -2.58. The Morgan fingerprint density at radius 1 is 1.23 bits per heavy atom. The maximum Gasteiger partial charge on any atom is 0.0443 e. The molecule has 0 amide bonds. The second kappa shape index (κ2) is 3.95. The van der Waals surface area contributed by atoms with Gasteiger partial charge in [0.1, 0.15) is 0 Å². The zero-order chi connectivity index (χ0) is 9.15. The predicted molar refractivity (Wildman–Crippen MR) is 52.7 cm³/mol. The highest BCUT2D eigenvalue weighted by atomic mass is 16.3. The molecule has 13 heavy (non-hydrogen) atoms. The van der Waals surface area contributed by atoms with Gasteiger partial charge in [-0.3, -0.25) is 0 Å². The van der Waals surface area contributed by atoms with Crippen LogP contribution in [0.5, 0.6) is 0 Å². The maximum atomic E-state index is 8.72. The summed E-state index contributed by atoms with van der Waals surface area (Å²) in [5.41, 5.74) is 0.662. The number of hydrogen-bond donors (Lipinski definition) is 2. The van der Waals surface area contributed by atoms with Gasteiger partial charge in [-0.15, -0.1) is 0 Å². The van der Waals surface area contributed by atoms with Crippen LogP contribution in [0.15, 0.2) is 0 Å². The molecule has 2 saturated heterocycles. The van der Waals surface area contributed by atoms with Crippen LogP contribution in [0.25, 0.3) is 0 Å². The number of nitrogens with zero attached hydrogens (tertiary/aromatic N) is 1. The highest BCUT2D eigenvalue weighted by Crippen LogP contribution is 2.34. The van der Waals surface area contributed by atoms with Crippen LogP contribution in [0.4, 0.5) is 0 Å². The number of rotatable bonds is 3. The quantitative estimate of drug-likeness (QED) is 0.651. The highest BCUT2D eigenvalue weighted by Gasteiger charge is 2.39. The van der Waals surface area contributed by atoms with Crippen LogP contribution < -0.4 is 5.32 Å². The number of hydrogen-bond acceptors (Lipinski definition) is 3. The first-order valence-corrected chi connectivity index (χ1v) is 5.39. The second-order valence-electron chi connectivity index (χ2n) is 4.52. The molecule has 3 nitrogen and oxygen atoms in total. The lowest BCUT2D eigenvalue weighted by Gasteiger charge is -2.48. The number of aliphatic hydroxyl groups is 1. The molecule has 76 valence electrons. The van der Waals surface area contributed by atoms with Gasteiger partial charge < -0.3 is 15.3 Å². The fourth-order valence-electron chi connectivity index (χ4n) is 2.38. The van der Waals surface area contributed by atoms with Gasteiger partial charge in [-0.25, -0.2) is 0 Å². The summed E-state index contributed by atoms with van der Waals surface area (Å²) < 4.78 is 0. The van der Waals surface area contributed by atoms with Crippen molar-refractivity contribution >= 4 is 0 Å². The number of likely N-dealkylation sites (tertiary alicyclic amines) is 1. The molecular formula is C10H20N2O. The van der Waals surface area contributed by atoms with Crippen LogP contribution in [0.2, 0.25) is 0 Å². The Kier molecular flexibility index (Phi) is 2.86. The first-order valence-electron chi connectivity index (χ1n) is 5.39. The Morgan fingerprint density at radius 2 is 1.92 bits per heavy atom. The third kappa shape index (κ3) is 2.03. The summed E-state index contributed by atoms with van der Waals surface area (Å²) in [7, 11) is 0. The molecular weight excluding hydrogens is 164 g/mol. The Balaban J connectivity index is 1.70. The van der Waals surface area contributed by atoms with Crippen molar-refractivity contribution in [1.82, 2.24) is 10.2 Å². The van der Waals surface area contributed by atoms with Gasteiger partial charge >= 0.3 is 0 Å². The van der Waals surface area contributed by atoms with Gasteiger partial charge in [-0.05, 0) is 37.8 Å². The zero-order valence-electron chi connectivity index (χ0n) is 8.26. The van der Waals surface area contributed by atoms with Gasteiger partial charge in [0, 0.05) is 26.2 Å². The van der Waals surface area contributed by atoms with E-state index in [4.69, 9.17) is 5.11 Å². The minimum atomic E-state index is 0.337. The van der Waals surface area contributed by atoms with Crippen LogP contribution in [-0.2, 0) is 0 Å². The highest BCUT2D eigenvalue weighted by molar-refractivity contribution is 4.95. The third-order valence-corrected chi connectivity index (χ3v) is 3.55. The zero-order valence-corrected chi connectivity index (χ0v) is 8.26. The van der Waals surface area contributed by atoms with E-state index >= 15 is 0 Å². The summed E-state index contributed by atoms with van der Waals surface area (Å²) in [6, 6.07) is 0. The number of nitrogens with one attached hydrogen (secondary N) is 1. The van der Waals surface area contributed by atoms with Crippen LogP contribution in [-0.4, -0.2) is 49.3 Å². The fraction of sp³-hybridized carbons (Fsp3) is 1.00. The average molecular weight is 184 g/mol. The topological polar surface area (TPSA) is 35.5 Å². The summed E-state index contributed by atoms with van der Waals surface area (Å²) in [4.78, 5) is 2.49. The van der Waals surface area contributed by atoms with Gasteiger partial charge in [0.05, 0.1) is 0 Å². The van der Waals surface area contributed by atoms with E-state index in [1.165, 1.54) is 39.0 Å². The molecule has 0 radical (unpaired) electrons. The molecule has 0 atom stereocenters. The Morgan fingerprint density at radius 3 is 2.38 bits per heavy atom. The van der Waals surface area contributed by atoms with Gasteiger partial charge in [-0.2, -0.15) is 0 Å². The van der Waals surface area contributed by atoms with E-state index in [9.17, 15) is 0 Å². The van der Waals surface area contributed by atoms with Crippen molar-refractivity contribution < 1.29 is 5.11 Å². The Hall–Kier alpha value is -0.120. The molecule has 3 heteroatoms. The second-order valence-corrected chi connectivity index (χ2v) is 4.52. The molecule has 2 aliphatic heterocycles. The molecule has 0 bridgehead atoms. The van der Waals surface area contributed by atoms with Crippen molar-refractivity contribution in [3.63, 3.8) is 0 Å². The smallest absolute Gasteiger partial charge is 0.0443 e. The summed E-state index contributed by atoms with van der Waals surface area (Å²) >= 11 is 0. The first-order chi connectivity index (χ1) is 6.35. The van der Waals surface area contributed by atoms with Crippen LogP contribution in [0, 0.1) is 5.41 Å². The average Bonchev–Trinajstić information content (AvgIpc) is 2.13. The monoisotopic (exact) mass is 184 g/mol. The minimum absolute atomic E-state index is 0.337. The van der Waals surface area contributed by atoms with E-state index in [1.807, 2.05) is 0 Å². The van der Waals surface area contributed by atoms with Crippen molar-refractivity contribution in [2.75, 3.05) is 39.3 Å². The molecule has 0 saturated carbocycles. The molecule has 0 aromatic carbocycles. The van der Waals surface area contributed by atoms with Gasteiger partial charge in [0.15, 0.2) is 0 Å². The van der Waals surface area contributed by atoms with E-state index in [2.05, 4.69) is 10.2 Å². The van der Waals surface area contributed by atoms with Crippen molar-refractivity contribution in [2.45, 2.75) is 19.3 Å². The summed E-state index contributed by atoms with van der Waals surface area (Å²) in [6.45, 7) is 6.37. The normalized spacial score (nSPS) is 27.5. The van der Waals surface area contributed by atoms with Crippen molar-refractivity contribution in [3.8, 4) is 0 Å². The third-order valence-electron chi connectivity index (χ3n) is 3.55. The lowest BCUT2D eigenvalue weighted by molar-refractivity contribution is 0.0528. The molecule has 0 aromatic rings. The van der Waals surface area contributed by atoms with Gasteiger partial charge in [-0.1, -0.05) is 0 Å². The molecule has 1 spiro atoms. The molecule has 2 fully saturated rings. The summed E-state index contributed by atoms with van der Waals surface area (Å²) in [5, 5.41) is 12.1. The van der Waals surface area contributed by atoms with Crippen LogP contribution >= 0.6 is 0 Å². The molecule has 2 aliphatic rings. The van der Waals surface area contributed by atoms with Crippen LogP contribution in [0.3, 0.4) is 0 Å². The standard InChI is InChI=1S/C10H20N2O/c13-7-1-4-12-5-2-10(3-6-12)8-11-9-10/h11,13H,1-9H2. The maximum absolute atomic E-state index is 8.72. The summed E-state index contributed by atoms with van der Waals surface area (Å²) in [6.07, 6.45) is 3.64. The van der Waals surface area contributed by atoms with Crippen molar-refractivity contribution in [3.05, 3.63) is 0 Å². The van der Waals surface area contributed by atoms with E-state index in [0.29, 0.717) is 12.0 Å². The number of aliphatic hydroxyl groups excluding tert-OH is 1. The predicted octanol–water partition coefficient (Wildman–Crippen LogP) is 0.0542. The van der Waals surface area contributed by atoms with Gasteiger partial charge in [0.2, 0.25) is 0 Å². The minimum Gasteiger partial charge on any atom is -0.396 e. The van der Waals surface area contributed by atoms with E-state index in [0.717, 1.165) is 13.0 Å². The van der Waals surface area contributed by atoms with E-state index in [1.54, 1.807) is 0 Å². The van der Waals surface area contributed by atoms with Crippen molar-refractivity contribution in [1.29, 1.82) is 0 Å².